The molecule has 0 aliphatic carbocycles. The average Bonchev–Trinajstić information content (AvgIpc) is 2.87. The summed E-state index contributed by atoms with van der Waals surface area (Å²) in [4.78, 5) is 30.9. The first kappa shape index (κ1) is 15.9. The number of H-pyrrole nitrogens is 1. The van der Waals surface area contributed by atoms with Gasteiger partial charge in [0.2, 0.25) is 0 Å². The Balaban J connectivity index is 2.27. The number of fused-ring (bicyclic) bond motifs is 1. The van der Waals surface area contributed by atoms with Crippen molar-refractivity contribution in [2.24, 2.45) is 7.05 Å². The SMILES string of the molecule is CCSc1nc2c(c(=O)[nH]c(=O)n2C)n1Cc1ccccc1Cl. The fourth-order valence-corrected chi connectivity index (χ4v) is 3.31. The van der Waals surface area contributed by atoms with Crippen molar-refractivity contribution < 1.29 is 0 Å². The first-order valence-corrected chi connectivity index (χ1v) is 8.45. The van der Waals surface area contributed by atoms with Crippen molar-refractivity contribution in [3.8, 4) is 0 Å². The van der Waals surface area contributed by atoms with Crippen molar-refractivity contribution in [3.63, 3.8) is 0 Å². The van der Waals surface area contributed by atoms with Gasteiger partial charge >= 0.3 is 5.69 Å². The smallest absolute Gasteiger partial charge is 0.309 e. The second-order valence-corrected chi connectivity index (χ2v) is 6.63. The highest BCUT2D eigenvalue weighted by Crippen LogP contribution is 2.24. The fourth-order valence-electron chi connectivity index (χ4n) is 2.40. The lowest BCUT2D eigenvalue weighted by Crippen LogP contribution is -2.29. The van der Waals surface area contributed by atoms with Crippen LogP contribution in [0.1, 0.15) is 12.5 Å². The molecule has 1 aromatic carbocycles. The van der Waals surface area contributed by atoms with E-state index < -0.39 is 11.2 Å². The van der Waals surface area contributed by atoms with Gasteiger partial charge in [0.1, 0.15) is 0 Å². The molecule has 8 heteroatoms. The molecule has 0 radical (unpaired) electrons. The van der Waals surface area contributed by atoms with Crippen LogP contribution in [-0.4, -0.2) is 24.9 Å². The molecule has 6 nitrogen and oxygen atoms in total. The van der Waals surface area contributed by atoms with Crippen LogP contribution in [0.4, 0.5) is 0 Å². The number of imidazole rings is 1. The molecule has 2 aromatic heterocycles. The Labute approximate surface area is 141 Å². The van der Waals surface area contributed by atoms with Gasteiger partial charge in [0.05, 0.1) is 6.54 Å². The molecule has 0 saturated heterocycles. The second-order valence-electron chi connectivity index (χ2n) is 5.00. The topological polar surface area (TPSA) is 72.7 Å². The Kier molecular flexibility index (Phi) is 4.32. The number of aromatic amines is 1. The number of benzene rings is 1. The van der Waals surface area contributed by atoms with E-state index in [2.05, 4.69) is 9.97 Å². The Morgan fingerprint density at radius 2 is 2.04 bits per heavy atom. The number of nitrogens with zero attached hydrogens (tertiary/aromatic N) is 3. The first-order chi connectivity index (χ1) is 11.0. The third-order valence-corrected chi connectivity index (χ3v) is 4.76. The zero-order valence-electron chi connectivity index (χ0n) is 12.7. The summed E-state index contributed by atoms with van der Waals surface area (Å²) in [5.74, 6) is 0.803. The number of aromatic nitrogens is 4. The third kappa shape index (κ3) is 2.82. The Morgan fingerprint density at radius 3 is 2.74 bits per heavy atom. The summed E-state index contributed by atoms with van der Waals surface area (Å²) in [6, 6.07) is 7.47. The molecule has 0 aliphatic heterocycles. The Bertz CT molecular complexity index is 989. The van der Waals surface area contributed by atoms with Crippen LogP contribution >= 0.6 is 23.4 Å². The number of halogens is 1. The van der Waals surface area contributed by atoms with Gasteiger partial charge in [-0.1, -0.05) is 48.5 Å². The highest BCUT2D eigenvalue weighted by Gasteiger charge is 2.18. The predicted molar refractivity (Wildman–Crippen MR) is 92.5 cm³/mol. The summed E-state index contributed by atoms with van der Waals surface area (Å²) >= 11 is 7.75. The van der Waals surface area contributed by atoms with Gasteiger partial charge in [-0.25, -0.2) is 9.78 Å². The molecular formula is C15H15ClN4O2S. The molecular weight excluding hydrogens is 336 g/mol. The van der Waals surface area contributed by atoms with Crippen LogP contribution in [0.3, 0.4) is 0 Å². The van der Waals surface area contributed by atoms with Gasteiger partial charge in [-0.3, -0.25) is 14.3 Å². The number of hydrogen-bond donors (Lipinski definition) is 1. The van der Waals surface area contributed by atoms with Crippen LogP contribution in [-0.2, 0) is 13.6 Å². The van der Waals surface area contributed by atoms with Gasteiger partial charge in [0.25, 0.3) is 5.56 Å². The molecule has 23 heavy (non-hydrogen) atoms. The van der Waals surface area contributed by atoms with Gasteiger partial charge in [-0.2, -0.15) is 0 Å². The predicted octanol–water partition coefficient (Wildman–Crippen LogP) is 2.24. The molecule has 0 fully saturated rings. The minimum Gasteiger partial charge on any atom is -0.309 e. The average molecular weight is 351 g/mol. The van der Waals surface area contributed by atoms with Gasteiger partial charge < -0.3 is 4.57 Å². The summed E-state index contributed by atoms with van der Waals surface area (Å²) < 4.78 is 3.16. The molecule has 0 atom stereocenters. The standard InChI is InChI=1S/C15H15ClN4O2S/c1-3-23-15-17-12-11(13(21)18-14(22)19(12)2)20(15)8-9-6-4-5-7-10(9)16/h4-7H,3,8H2,1-2H3,(H,18,21,22). The van der Waals surface area contributed by atoms with Gasteiger partial charge in [0.15, 0.2) is 16.3 Å². The van der Waals surface area contributed by atoms with E-state index in [4.69, 9.17) is 11.6 Å². The Morgan fingerprint density at radius 1 is 1.30 bits per heavy atom. The van der Waals surface area contributed by atoms with E-state index in [1.54, 1.807) is 7.05 Å². The minimum absolute atomic E-state index is 0.377. The summed E-state index contributed by atoms with van der Waals surface area (Å²) in [5, 5.41) is 1.32. The van der Waals surface area contributed by atoms with Crippen molar-refractivity contribution in [1.29, 1.82) is 0 Å². The first-order valence-electron chi connectivity index (χ1n) is 7.08. The fraction of sp³-hybridized carbons (Fsp3) is 0.267. The molecule has 3 aromatic rings. The lowest BCUT2D eigenvalue weighted by atomic mass is 10.2. The van der Waals surface area contributed by atoms with E-state index in [0.29, 0.717) is 27.9 Å². The lowest BCUT2D eigenvalue weighted by molar-refractivity contribution is 0.728. The van der Waals surface area contributed by atoms with Crippen LogP contribution in [0.5, 0.6) is 0 Å². The molecule has 0 amide bonds. The van der Waals surface area contributed by atoms with Crippen LogP contribution in [0.2, 0.25) is 5.02 Å². The van der Waals surface area contributed by atoms with E-state index in [-0.39, 0.29) is 0 Å². The Hall–Kier alpha value is -1.99. The van der Waals surface area contributed by atoms with Crippen molar-refractivity contribution >= 4 is 34.5 Å². The summed E-state index contributed by atoms with van der Waals surface area (Å²) in [7, 11) is 1.59. The maximum Gasteiger partial charge on any atom is 0.329 e. The number of rotatable bonds is 4. The molecule has 3 rings (SSSR count). The summed E-state index contributed by atoms with van der Waals surface area (Å²) in [5.41, 5.74) is 0.730. The van der Waals surface area contributed by atoms with Crippen LogP contribution < -0.4 is 11.2 Å². The number of thioether (sulfide) groups is 1. The van der Waals surface area contributed by atoms with E-state index in [0.717, 1.165) is 11.3 Å². The zero-order chi connectivity index (χ0) is 16.6. The maximum atomic E-state index is 12.3. The van der Waals surface area contributed by atoms with Gasteiger partial charge in [-0.05, 0) is 17.4 Å². The molecule has 0 bridgehead atoms. The molecule has 1 N–H and O–H groups in total. The second kappa shape index (κ2) is 6.25. The molecule has 0 saturated carbocycles. The maximum absolute atomic E-state index is 12.3. The van der Waals surface area contributed by atoms with Crippen LogP contribution in [0.25, 0.3) is 11.2 Å². The number of aryl methyl sites for hydroxylation is 1. The van der Waals surface area contributed by atoms with E-state index in [1.807, 2.05) is 35.8 Å². The van der Waals surface area contributed by atoms with Crippen molar-refractivity contribution in [2.75, 3.05) is 5.75 Å². The van der Waals surface area contributed by atoms with E-state index in [1.165, 1.54) is 16.3 Å². The normalized spacial score (nSPS) is 11.3. The molecule has 0 aliphatic rings. The number of hydrogen-bond acceptors (Lipinski definition) is 4. The van der Waals surface area contributed by atoms with E-state index >= 15 is 0 Å². The van der Waals surface area contributed by atoms with Crippen LogP contribution in [0.15, 0.2) is 39.0 Å². The molecule has 120 valence electrons. The van der Waals surface area contributed by atoms with E-state index in [9.17, 15) is 9.59 Å². The number of nitrogens with one attached hydrogen (secondary N) is 1. The van der Waals surface area contributed by atoms with Gasteiger partial charge in [-0.15, -0.1) is 0 Å². The summed E-state index contributed by atoms with van der Waals surface area (Å²) in [6.07, 6.45) is 0. The van der Waals surface area contributed by atoms with Crippen molar-refractivity contribution in [1.82, 2.24) is 19.1 Å². The third-order valence-electron chi connectivity index (χ3n) is 3.53. The van der Waals surface area contributed by atoms with Crippen molar-refractivity contribution in [3.05, 3.63) is 55.7 Å². The highest BCUT2D eigenvalue weighted by molar-refractivity contribution is 7.99. The molecule has 0 spiro atoms. The van der Waals surface area contributed by atoms with Crippen molar-refractivity contribution in [2.45, 2.75) is 18.6 Å². The lowest BCUT2D eigenvalue weighted by Gasteiger charge is -2.09. The zero-order valence-corrected chi connectivity index (χ0v) is 14.2. The largest absolute Gasteiger partial charge is 0.329 e. The van der Waals surface area contributed by atoms with Crippen LogP contribution in [0, 0.1) is 0 Å². The summed E-state index contributed by atoms with van der Waals surface area (Å²) in [6.45, 7) is 2.42. The monoisotopic (exact) mass is 350 g/mol. The molecule has 0 unspecified atom stereocenters. The quantitative estimate of drug-likeness (QED) is 0.732. The van der Waals surface area contributed by atoms with Gasteiger partial charge in [0, 0.05) is 12.1 Å². The molecule has 2 heterocycles. The minimum atomic E-state index is -0.474. The highest BCUT2D eigenvalue weighted by atomic mass is 35.5.